The Bertz CT molecular complexity index is 677. The Labute approximate surface area is 152 Å². The summed E-state index contributed by atoms with van der Waals surface area (Å²) in [6.07, 6.45) is 4.86. The number of hydrogen-bond donors (Lipinski definition) is 0. The first kappa shape index (κ1) is 17.2. The van der Waals surface area contributed by atoms with Gasteiger partial charge in [0, 0.05) is 21.7 Å². The Morgan fingerprint density at radius 1 is 1.00 bits per heavy atom. The molecule has 5 heteroatoms. The van der Waals surface area contributed by atoms with Gasteiger partial charge in [-0.1, -0.05) is 29.3 Å². The third-order valence-electron chi connectivity index (χ3n) is 4.18. The van der Waals surface area contributed by atoms with Crippen molar-refractivity contribution in [1.82, 2.24) is 0 Å². The van der Waals surface area contributed by atoms with E-state index in [9.17, 15) is 0 Å². The lowest BCUT2D eigenvalue weighted by molar-refractivity contribution is 0.199. The van der Waals surface area contributed by atoms with Gasteiger partial charge < -0.3 is 14.2 Å². The highest BCUT2D eigenvalue weighted by Gasteiger charge is 2.19. The molecule has 0 N–H and O–H groups in total. The van der Waals surface area contributed by atoms with E-state index in [0.29, 0.717) is 33.9 Å². The van der Waals surface area contributed by atoms with E-state index in [2.05, 4.69) is 0 Å². The summed E-state index contributed by atoms with van der Waals surface area (Å²) >= 11 is 12.4. The van der Waals surface area contributed by atoms with Gasteiger partial charge in [-0.25, -0.2) is 0 Å². The third kappa shape index (κ3) is 4.08. The topological polar surface area (TPSA) is 27.7 Å². The predicted octanol–water partition coefficient (Wildman–Crippen LogP) is 5.90. The van der Waals surface area contributed by atoms with Gasteiger partial charge in [-0.05, 0) is 49.9 Å². The molecular weight excluding hydrogens is 347 g/mol. The summed E-state index contributed by atoms with van der Waals surface area (Å²) in [4.78, 5) is 0. The lowest BCUT2D eigenvalue weighted by atomic mass is 10.2. The fraction of sp³-hybridized carbons (Fsp3) is 0.368. The molecule has 1 saturated carbocycles. The van der Waals surface area contributed by atoms with Gasteiger partial charge in [-0.15, -0.1) is 0 Å². The normalized spacial score (nSPS) is 14.6. The molecule has 1 fully saturated rings. The maximum Gasteiger partial charge on any atom is 0.165 e. The minimum Gasteiger partial charge on any atom is -0.493 e. The molecule has 0 unspecified atom stereocenters. The smallest absolute Gasteiger partial charge is 0.165 e. The molecule has 3 nitrogen and oxygen atoms in total. The standard InChI is InChI=1S/C19H20Cl2O3/c1-22-18-10-9-14(11-19(18)24-13-5-2-3-6-13)23-12-15-16(20)7-4-8-17(15)21/h4,7-11,13H,2-3,5-6,12H2,1H3. The molecule has 0 aromatic heterocycles. The molecule has 1 aliphatic carbocycles. The van der Waals surface area contributed by atoms with Crippen molar-refractivity contribution < 1.29 is 14.2 Å². The van der Waals surface area contributed by atoms with E-state index >= 15 is 0 Å². The number of halogens is 2. The maximum atomic E-state index is 6.18. The van der Waals surface area contributed by atoms with E-state index in [1.54, 1.807) is 19.2 Å². The summed E-state index contributed by atoms with van der Waals surface area (Å²) in [6, 6.07) is 11.0. The quantitative estimate of drug-likeness (QED) is 0.636. The van der Waals surface area contributed by atoms with Crippen molar-refractivity contribution in [2.45, 2.75) is 38.4 Å². The second kappa shape index (κ2) is 8.00. The van der Waals surface area contributed by atoms with Gasteiger partial charge in [0.2, 0.25) is 0 Å². The van der Waals surface area contributed by atoms with Gasteiger partial charge in [0.25, 0.3) is 0 Å². The molecule has 2 aromatic rings. The molecule has 0 saturated heterocycles. The van der Waals surface area contributed by atoms with Crippen LogP contribution in [-0.2, 0) is 6.61 Å². The van der Waals surface area contributed by atoms with Crippen LogP contribution in [0.2, 0.25) is 10.0 Å². The zero-order valence-electron chi connectivity index (χ0n) is 13.6. The van der Waals surface area contributed by atoms with Crippen molar-refractivity contribution in [2.24, 2.45) is 0 Å². The van der Waals surface area contributed by atoms with Gasteiger partial charge in [0.1, 0.15) is 12.4 Å². The van der Waals surface area contributed by atoms with Crippen LogP contribution in [0.25, 0.3) is 0 Å². The van der Waals surface area contributed by atoms with Crippen molar-refractivity contribution in [3.05, 3.63) is 52.0 Å². The minimum absolute atomic E-state index is 0.257. The molecule has 0 radical (unpaired) electrons. The molecule has 1 aliphatic rings. The largest absolute Gasteiger partial charge is 0.493 e. The average molecular weight is 367 g/mol. The third-order valence-corrected chi connectivity index (χ3v) is 4.88. The summed E-state index contributed by atoms with van der Waals surface area (Å²) in [7, 11) is 1.64. The fourth-order valence-electron chi connectivity index (χ4n) is 2.85. The van der Waals surface area contributed by atoms with Crippen LogP contribution in [0.15, 0.2) is 36.4 Å². The Hall–Kier alpha value is -1.58. The zero-order chi connectivity index (χ0) is 16.9. The van der Waals surface area contributed by atoms with Gasteiger partial charge in [-0.2, -0.15) is 0 Å². The van der Waals surface area contributed by atoms with E-state index in [1.807, 2.05) is 24.3 Å². The van der Waals surface area contributed by atoms with Crippen molar-refractivity contribution in [3.63, 3.8) is 0 Å². The lowest BCUT2D eigenvalue weighted by Crippen LogP contribution is -2.11. The predicted molar refractivity (Wildman–Crippen MR) is 96.7 cm³/mol. The van der Waals surface area contributed by atoms with Crippen molar-refractivity contribution in [1.29, 1.82) is 0 Å². The first-order chi connectivity index (χ1) is 11.7. The van der Waals surface area contributed by atoms with Crippen LogP contribution in [0.1, 0.15) is 31.2 Å². The van der Waals surface area contributed by atoms with Crippen molar-refractivity contribution in [3.8, 4) is 17.2 Å². The van der Waals surface area contributed by atoms with Gasteiger partial charge in [-0.3, -0.25) is 0 Å². The Morgan fingerprint density at radius 2 is 1.71 bits per heavy atom. The molecule has 2 aromatic carbocycles. The molecule has 3 rings (SSSR count). The lowest BCUT2D eigenvalue weighted by Gasteiger charge is -2.17. The molecule has 128 valence electrons. The van der Waals surface area contributed by atoms with Gasteiger partial charge >= 0.3 is 0 Å². The second-order valence-corrected chi connectivity index (χ2v) is 6.64. The first-order valence-corrected chi connectivity index (χ1v) is 8.83. The zero-order valence-corrected chi connectivity index (χ0v) is 15.1. The summed E-state index contributed by atoms with van der Waals surface area (Å²) in [5.74, 6) is 2.12. The summed E-state index contributed by atoms with van der Waals surface area (Å²) in [5, 5.41) is 1.19. The number of benzene rings is 2. The summed E-state index contributed by atoms with van der Waals surface area (Å²) in [5.41, 5.74) is 0.773. The number of methoxy groups -OCH3 is 1. The van der Waals surface area contributed by atoms with Crippen molar-refractivity contribution >= 4 is 23.2 Å². The maximum absolute atomic E-state index is 6.18. The van der Waals surface area contributed by atoms with Gasteiger partial charge in [0.15, 0.2) is 11.5 Å². The SMILES string of the molecule is COc1ccc(OCc2c(Cl)cccc2Cl)cc1OC1CCCC1. The molecule has 0 atom stereocenters. The summed E-state index contributed by atoms with van der Waals surface area (Å²) in [6.45, 7) is 0.299. The minimum atomic E-state index is 0.257. The monoisotopic (exact) mass is 366 g/mol. The van der Waals surface area contributed by atoms with Crippen LogP contribution in [0.4, 0.5) is 0 Å². The Kier molecular flexibility index (Phi) is 5.75. The summed E-state index contributed by atoms with van der Waals surface area (Å²) < 4.78 is 17.3. The Balaban J connectivity index is 1.73. The molecule has 0 bridgehead atoms. The van der Waals surface area contributed by atoms with E-state index in [-0.39, 0.29) is 6.10 Å². The van der Waals surface area contributed by atoms with Crippen LogP contribution in [-0.4, -0.2) is 13.2 Å². The number of hydrogen-bond acceptors (Lipinski definition) is 3. The highest BCUT2D eigenvalue weighted by molar-refractivity contribution is 6.35. The van der Waals surface area contributed by atoms with Crippen LogP contribution in [0, 0.1) is 0 Å². The molecular formula is C19H20Cl2O3. The molecule has 0 heterocycles. The number of ether oxygens (including phenoxy) is 3. The second-order valence-electron chi connectivity index (χ2n) is 5.83. The molecule has 0 amide bonds. The first-order valence-electron chi connectivity index (χ1n) is 8.08. The number of rotatable bonds is 6. The molecule has 0 aliphatic heterocycles. The average Bonchev–Trinajstić information content (AvgIpc) is 3.08. The van der Waals surface area contributed by atoms with Crippen molar-refractivity contribution in [2.75, 3.05) is 7.11 Å². The highest BCUT2D eigenvalue weighted by Crippen LogP contribution is 2.35. The van der Waals surface area contributed by atoms with Crippen LogP contribution >= 0.6 is 23.2 Å². The van der Waals surface area contributed by atoms with E-state index in [4.69, 9.17) is 37.4 Å². The highest BCUT2D eigenvalue weighted by atomic mass is 35.5. The molecule has 0 spiro atoms. The van der Waals surface area contributed by atoms with Gasteiger partial charge in [0.05, 0.1) is 13.2 Å². The van der Waals surface area contributed by atoms with Crippen LogP contribution in [0.5, 0.6) is 17.2 Å². The van der Waals surface area contributed by atoms with E-state index in [1.165, 1.54) is 12.8 Å². The van der Waals surface area contributed by atoms with Crippen LogP contribution in [0.3, 0.4) is 0 Å². The Morgan fingerprint density at radius 3 is 2.38 bits per heavy atom. The van der Waals surface area contributed by atoms with Crippen LogP contribution < -0.4 is 14.2 Å². The van der Waals surface area contributed by atoms with E-state index < -0.39 is 0 Å². The fourth-order valence-corrected chi connectivity index (χ4v) is 3.36. The van der Waals surface area contributed by atoms with E-state index in [0.717, 1.165) is 18.4 Å². The molecule has 24 heavy (non-hydrogen) atoms.